The van der Waals surface area contributed by atoms with Crippen LogP contribution in [0.4, 0.5) is 0 Å². The Balaban J connectivity index is 1.62. The van der Waals surface area contributed by atoms with Crippen molar-refractivity contribution in [3.63, 3.8) is 0 Å². The van der Waals surface area contributed by atoms with Gasteiger partial charge in [-0.15, -0.1) is 0 Å². The van der Waals surface area contributed by atoms with Crippen LogP contribution in [0.5, 0.6) is 0 Å². The van der Waals surface area contributed by atoms with Gasteiger partial charge in [0.1, 0.15) is 0 Å². The number of aryl methyl sites for hydroxylation is 2. The van der Waals surface area contributed by atoms with Gasteiger partial charge < -0.3 is 0 Å². The highest BCUT2D eigenvalue weighted by molar-refractivity contribution is 7.07. The molecule has 0 saturated carbocycles. The molecule has 1 atom stereocenters. The molecule has 2 heterocycles. The smallest absolute Gasteiger partial charge is 0.271 e. The van der Waals surface area contributed by atoms with E-state index in [2.05, 4.69) is 79.7 Å². The van der Waals surface area contributed by atoms with E-state index >= 15 is 0 Å². The van der Waals surface area contributed by atoms with Gasteiger partial charge >= 0.3 is 0 Å². The first-order valence-electron chi connectivity index (χ1n) is 10.9. The van der Waals surface area contributed by atoms with Crippen LogP contribution in [0.25, 0.3) is 11.8 Å². The van der Waals surface area contributed by atoms with Crippen molar-refractivity contribution >= 4 is 23.1 Å². The molecule has 4 aromatic rings. The summed E-state index contributed by atoms with van der Waals surface area (Å²) in [5, 5.41) is 0. The zero-order valence-electron chi connectivity index (χ0n) is 17.8. The molecule has 0 fully saturated rings. The van der Waals surface area contributed by atoms with Crippen LogP contribution in [0.2, 0.25) is 0 Å². The molecule has 0 saturated heterocycles. The lowest BCUT2D eigenvalue weighted by Gasteiger charge is -2.30. The van der Waals surface area contributed by atoms with Crippen LogP contribution in [0.3, 0.4) is 0 Å². The summed E-state index contributed by atoms with van der Waals surface area (Å²) in [6, 6.07) is 27.1. The van der Waals surface area contributed by atoms with E-state index in [0.29, 0.717) is 0 Å². The van der Waals surface area contributed by atoms with Gasteiger partial charge in [0.2, 0.25) is 0 Å². The molecule has 0 spiro atoms. The van der Waals surface area contributed by atoms with Gasteiger partial charge in [0.25, 0.3) is 5.56 Å². The van der Waals surface area contributed by atoms with Crippen molar-refractivity contribution in [3.8, 4) is 0 Å². The fourth-order valence-electron chi connectivity index (χ4n) is 4.77. The Bertz CT molecular complexity index is 1540. The van der Waals surface area contributed by atoms with E-state index in [0.717, 1.165) is 39.0 Å². The van der Waals surface area contributed by atoms with Crippen LogP contribution in [0.1, 0.15) is 40.3 Å². The zero-order chi connectivity index (χ0) is 21.7. The fourth-order valence-corrected chi connectivity index (χ4v) is 5.77. The van der Waals surface area contributed by atoms with E-state index in [-0.39, 0.29) is 11.6 Å². The predicted octanol–water partition coefficient (Wildman–Crippen LogP) is 4.63. The summed E-state index contributed by atoms with van der Waals surface area (Å²) in [7, 11) is 0. The quantitative estimate of drug-likeness (QED) is 0.453. The Morgan fingerprint density at radius 3 is 2.50 bits per heavy atom. The highest BCUT2D eigenvalue weighted by Crippen LogP contribution is 2.41. The molecule has 2 aliphatic rings. The van der Waals surface area contributed by atoms with Crippen LogP contribution >= 0.6 is 11.3 Å². The average molecular weight is 435 g/mol. The van der Waals surface area contributed by atoms with Gasteiger partial charge in [-0.05, 0) is 48.1 Å². The highest BCUT2D eigenvalue weighted by Gasteiger charge is 2.32. The first-order chi connectivity index (χ1) is 15.7. The summed E-state index contributed by atoms with van der Waals surface area (Å²) in [6.07, 6.45) is 3.88. The lowest BCUT2D eigenvalue weighted by atomic mass is 9.83. The summed E-state index contributed by atoms with van der Waals surface area (Å²) >= 11 is 1.48. The maximum Gasteiger partial charge on any atom is 0.271 e. The third-order valence-electron chi connectivity index (χ3n) is 6.36. The minimum Gasteiger partial charge on any atom is -0.272 e. The number of rotatable bonds is 2. The molecule has 156 valence electrons. The zero-order valence-corrected chi connectivity index (χ0v) is 18.6. The van der Waals surface area contributed by atoms with Crippen molar-refractivity contribution in [2.45, 2.75) is 25.8 Å². The number of hydrogen-bond donors (Lipinski definition) is 0. The second-order valence-corrected chi connectivity index (χ2v) is 9.44. The normalized spacial score (nSPS) is 17.4. The number of benzene rings is 3. The van der Waals surface area contributed by atoms with E-state index in [1.807, 2.05) is 16.7 Å². The SMILES string of the molecule is Cc1ccc(C=c2sc3n(c2=O)C(c2ccccc2)C2=C(N=3)c3ccccc3CC2)cc1. The summed E-state index contributed by atoms with van der Waals surface area (Å²) in [6.45, 7) is 2.07. The van der Waals surface area contributed by atoms with Crippen LogP contribution in [-0.2, 0) is 6.42 Å². The monoisotopic (exact) mass is 434 g/mol. The van der Waals surface area contributed by atoms with Crippen molar-refractivity contribution in [1.29, 1.82) is 0 Å². The molecular formula is C28H22N2OS. The highest BCUT2D eigenvalue weighted by atomic mass is 32.1. The van der Waals surface area contributed by atoms with Gasteiger partial charge in [-0.2, -0.15) is 0 Å². The molecule has 0 bridgehead atoms. The topological polar surface area (TPSA) is 34.4 Å². The van der Waals surface area contributed by atoms with Crippen LogP contribution in [0, 0.1) is 6.92 Å². The summed E-state index contributed by atoms with van der Waals surface area (Å²) in [4.78, 5) is 19.5. The van der Waals surface area contributed by atoms with E-state index in [4.69, 9.17) is 4.99 Å². The van der Waals surface area contributed by atoms with Crippen LogP contribution in [-0.4, -0.2) is 4.57 Å². The average Bonchev–Trinajstić information content (AvgIpc) is 3.14. The van der Waals surface area contributed by atoms with E-state index in [1.165, 1.54) is 33.6 Å². The molecule has 32 heavy (non-hydrogen) atoms. The maximum atomic E-state index is 13.6. The first-order valence-corrected chi connectivity index (χ1v) is 11.8. The molecule has 0 amide bonds. The number of aromatic nitrogens is 1. The Kier molecular flexibility index (Phi) is 4.54. The van der Waals surface area contributed by atoms with Crippen molar-refractivity contribution in [2.24, 2.45) is 4.99 Å². The minimum atomic E-state index is -0.115. The number of hydrogen-bond acceptors (Lipinski definition) is 3. The Labute approximate surface area is 190 Å². The Hall–Kier alpha value is -3.50. The molecule has 3 aromatic carbocycles. The third-order valence-corrected chi connectivity index (χ3v) is 7.35. The summed E-state index contributed by atoms with van der Waals surface area (Å²) < 4.78 is 2.63. The molecule has 0 N–H and O–H groups in total. The fraction of sp³-hybridized carbons (Fsp3) is 0.143. The second-order valence-electron chi connectivity index (χ2n) is 8.44. The van der Waals surface area contributed by atoms with Gasteiger partial charge in [0.05, 0.1) is 16.3 Å². The molecular weight excluding hydrogens is 412 g/mol. The van der Waals surface area contributed by atoms with E-state index in [9.17, 15) is 4.79 Å². The maximum absolute atomic E-state index is 13.6. The molecule has 6 rings (SSSR count). The van der Waals surface area contributed by atoms with E-state index < -0.39 is 0 Å². The third kappa shape index (κ3) is 3.10. The largest absolute Gasteiger partial charge is 0.272 e. The number of allylic oxidation sites excluding steroid dienone is 1. The second kappa shape index (κ2) is 7.57. The molecule has 1 aromatic heterocycles. The van der Waals surface area contributed by atoms with Crippen molar-refractivity contribution in [2.75, 3.05) is 0 Å². The molecule has 1 aliphatic carbocycles. The number of fused-ring (bicyclic) bond motifs is 3. The van der Waals surface area contributed by atoms with Crippen LogP contribution in [0.15, 0.2) is 94.2 Å². The van der Waals surface area contributed by atoms with Crippen molar-refractivity contribution in [1.82, 2.24) is 4.57 Å². The molecule has 0 radical (unpaired) electrons. The Morgan fingerprint density at radius 1 is 0.938 bits per heavy atom. The van der Waals surface area contributed by atoms with Gasteiger partial charge in [0.15, 0.2) is 4.80 Å². The van der Waals surface area contributed by atoms with Gasteiger partial charge in [0, 0.05) is 5.56 Å². The number of thiazole rings is 1. The Morgan fingerprint density at radius 2 is 1.69 bits per heavy atom. The molecule has 3 nitrogen and oxygen atoms in total. The van der Waals surface area contributed by atoms with E-state index in [1.54, 1.807) is 0 Å². The predicted molar refractivity (Wildman–Crippen MR) is 130 cm³/mol. The van der Waals surface area contributed by atoms with Crippen molar-refractivity contribution in [3.05, 3.63) is 132 Å². The summed E-state index contributed by atoms with van der Waals surface area (Å²) in [5.41, 5.74) is 8.23. The van der Waals surface area contributed by atoms with Gasteiger partial charge in [-0.1, -0.05) is 95.8 Å². The number of nitrogens with zero attached hydrogens (tertiary/aromatic N) is 2. The molecule has 4 heteroatoms. The lowest BCUT2D eigenvalue weighted by Crippen LogP contribution is -2.38. The lowest BCUT2D eigenvalue weighted by molar-refractivity contribution is 0.585. The first kappa shape index (κ1) is 19.2. The molecule has 1 aliphatic heterocycles. The van der Waals surface area contributed by atoms with Crippen molar-refractivity contribution < 1.29 is 0 Å². The standard InChI is InChI=1S/C28H22N2OS/c1-18-11-13-19(14-12-18)17-24-27(31)30-26(21-8-3-2-4-9-21)23-16-15-20-7-5-6-10-22(20)25(23)29-28(30)32-24/h2-14,17,26H,15-16H2,1H3. The minimum absolute atomic E-state index is 0.0357. The van der Waals surface area contributed by atoms with Gasteiger partial charge in [-0.25, -0.2) is 4.99 Å². The molecule has 1 unspecified atom stereocenters. The van der Waals surface area contributed by atoms with Gasteiger partial charge in [-0.3, -0.25) is 9.36 Å². The van der Waals surface area contributed by atoms with Crippen LogP contribution < -0.4 is 14.9 Å². The summed E-state index contributed by atoms with van der Waals surface area (Å²) in [5.74, 6) is 0.